The zero-order chi connectivity index (χ0) is 22.0. The summed E-state index contributed by atoms with van der Waals surface area (Å²) < 4.78 is 1.08. The van der Waals surface area contributed by atoms with E-state index < -0.39 is 12.0 Å². The molecule has 0 aliphatic heterocycles. The Morgan fingerprint density at radius 2 is 1.84 bits per heavy atom. The van der Waals surface area contributed by atoms with Crippen LogP contribution in [0.3, 0.4) is 0 Å². The molecule has 0 aliphatic carbocycles. The lowest BCUT2D eigenvalue weighted by Crippen LogP contribution is -2.21. The minimum absolute atomic E-state index is 0.183. The van der Waals surface area contributed by atoms with E-state index >= 15 is 0 Å². The molecule has 8 heteroatoms. The van der Waals surface area contributed by atoms with Crippen LogP contribution in [-0.4, -0.2) is 50.9 Å². The number of carbonyl (C=O) groups excluding carboxylic acids is 1. The average Bonchev–Trinajstić information content (AvgIpc) is 3.15. The van der Waals surface area contributed by atoms with Crippen LogP contribution in [0.25, 0.3) is 22.0 Å². The van der Waals surface area contributed by atoms with Crippen molar-refractivity contribution in [3.05, 3.63) is 78.2 Å². The monoisotopic (exact) mass is 415 g/mol. The van der Waals surface area contributed by atoms with Gasteiger partial charge in [0.1, 0.15) is 0 Å². The summed E-state index contributed by atoms with van der Waals surface area (Å²) in [5.74, 6) is -1.20. The zero-order valence-corrected chi connectivity index (χ0v) is 17.1. The number of carbonyl (C=O) groups is 2. The van der Waals surface area contributed by atoms with Crippen molar-refractivity contribution in [1.82, 2.24) is 19.7 Å². The van der Waals surface area contributed by atoms with Crippen molar-refractivity contribution in [2.75, 3.05) is 19.4 Å². The number of carboxylic acid groups (broad SMARTS) is 1. The van der Waals surface area contributed by atoms with Crippen LogP contribution in [0.5, 0.6) is 0 Å². The van der Waals surface area contributed by atoms with E-state index in [4.69, 9.17) is 0 Å². The highest BCUT2D eigenvalue weighted by atomic mass is 16.4. The second kappa shape index (κ2) is 8.37. The molecule has 2 aromatic carbocycles. The summed E-state index contributed by atoms with van der Waals surface area (Å²) in [5.41, 5.74) is 3.57. The first kappa shape index (κ1) is 20.2. The number of hydrogen-bond donors (Lipinski definition) is 2. The van der Waals surface area contributed by atoms with E-state index in [2.05, 4.69) is 20.3 Å². The third-order valence-electron chi connectivity index (χ3n) is 4.77. The lowest BCUT2D eigenvalue weighted by molar-refractivity contribution is 0.0692. The molecule has 2 heterocycles. The Kier molecular flexibility index (Phi) is 5.46. The van der Waals surface area contributed by atoms with Crippen molar-refractivity contribution in [2.24, 2.45) is 0 Å². The molecule has 0 spiro atoms. The van der Waals surface area contributed by atoms with Gasteiger partial charge in [0.15, 0.2) is 5.69 Å². The first-order valence-corrected chi connectivity index (χ1v) is 9.64. The number of amides is 1. The lowest BCUT2D eigenvalue weighted by atomic mass is 10.0. The molecule has 0 aliphatic rings. The standard InChI is InChI=1S/C23H21N5O3/c1-27(2)14-15-5-8-18(9-6-15)25-23(31)28-20-10-7-16(17-4-3-11-24-13-17)12-19(20)21(26-28)22(29)30/h3-13H,14H2,1-2H3,(H,25,31)(H,29,30). The van der Waals surface area contributed by atoms with Crippen LogP contribution in [0.1, 0.15) is 16.1 Å². The highest BCUT2D eigenvalue weighted by molar-refractivity contribution is 6.06. The maximum atomic E-state index is 12.9. The number of fused-ring (bicyclic) bond motifs is 1. The van der Waals surface area contributed by atoms with Gasteiger partial charge in [-0.15, -0.1) is 0 Å². The van der Waals surface area contributed by atoms with E-state index in [-0.39, 0.29) is 5.69 Å². The van der Waals surface area contributed by atoms with Gasteiger partial charge in [0.25, 0.3) is 0 Å². The maximum absolute atomic E-state index is 12.9. The number of benzene rings is 2. The molecule has 8 nitrogen and oxygen atoms in total. The molecule has 0 unspecified atom stereocenters. The van der Waals surface area contributed by atoms with Crippen molar-refractivity contribution >= 4 is 28.6 Å². The molecule has 2 aromatic heterocycles. The Balaban J connectivity index is 1.67. The van der Waals surface area contributed by atoms with Gasteiger partial charge in [0.2, 0.25) is 0 Å². The number of aromatic nitrogens is 3. The van der Waals surface area contributed by atoms with Crippen molar-refractivity contribution < 1.29 is 14.7 Å². The van der Waals surface area contributed by atoms with Gasteiger partial charge in [-0.3, -0.25) is 4.98 Å². The van der Waals surface area contributed by atoms with E-state index in [9.17, 15) is 14.7 Å². The van der Waals surface area contributed by atoms with Gasteiger partial charge >= 0.3 is 12.0 Å². The van der Waals surface area contributed by atoms with E-state index in [0.29, 0.717) is 16.6 Å². The fourth-order valence-corrected chi connectivity index (χ4v) is 3.38. The minimum Gasteiger partial charge on any atom is -0.476 e. The molecule has 0 fully saturated rings. The third kappa shape index (κ3) is 4.29. The normalized spacial score (nSPS) is 11.1. The van der Waals surface area contributed by atoms with Crippen molar-refractivity contribution in [2.45, 2.75) is 6.54 Å². The van der Waals surface area contributed by atoms with Gasteiger partial charge in [-0.1, -0.05) is 24.3 Å². The molecule has 0 saturated heterocycles. The molecule has 0 bridgehead atoms. The van der Waals surface area contributed by atoms with Crippen LogP contribution in [0.2, 0.25) is 0 Å². The SMILES string of the molecule is CN(C)Cc1ccc(NC(=O)n2nc(C(=O)O)c3cc(-c4cccnc4)ccc32)cc1. The molecule has 4 aromatic rings. The van der Waals surface area contributed by atoms with Gasteiger partial charge in [-0.05, 0) is 55.6 Å². The summed E-state index contributed by atoms with van der Waals surface area (Å²) in [7, 11) is 3.97. The Bertz CT molecular complexity index is 1250. The summed E-state index contributed by atoms with van der Waals surface area (Å²) in [6.07, 6.45) is 3.36. The number of hydrogen-bond acceptors (Lipinski definition) is 5. The largest absolute Gasteiger partial charge is 0.476 e. The molecule has 31 heavy (non-hydrogen) atoms. The van der Waals surface area contributed by atoms with Crippen LogP contribution >= 0.6 is 0 Å². The predicted molar refractivity (Wildman–Crippen MR) is 118 cm³/mol. The molecule has 2 N–H and O–H groups in total. The van der Waals surface area contributed by atoms with Crippen LogP contribution in [0, 0.1) is 0 Å². The number of anilines is 1. The first-order chi connectivity index (χ1) is 14.9. The van der Waals surface area contributed by atoms with Crippen LogP contribution < -0.4 is 5.32 Å². The van der Waals surface area contributed by atoms with Crippen molar-refractivity contribution in [3.8, 4) is 11.1 Å². The minimum atomic E-state index is -1.20. The zero-order valence-electron chi connectivity index (χ0n) is 17.1. The maximum Gasteiger partial charge on any atom is 0.357 e. The van der Waals surface area contributed by atoms with E-state index in [1.165, 1.54) is 0 Å². The Hall–Kier alpha value is -4.04. The number of nitrogens with zero attached hydrogens (tertiary/aromatic N) is 4. The summed E-state index contributed by atoms with van der Waals surface area (Å²) in [6.45, 7) is 0.791. The first-order valence-electron chi connectivity index (χ1n) is 9.64. The second-order valence-electron chi connectivity index (χ2n) is 7.40. The van der Waals surface area contributed by atoms with Crippen molar-refractivity contribution in [3.63, 3.8) is 0 Å². The van der Waals surface area contributed by atoms with Crippen molar-refractivity contribution in [1.29, 1.82) is 0 Å². The van der Waals surface area contributed by atoms with Gasteiger partial charge < -0.3 is 15.3 Å². The smallest absolute Gasteiger partial charge is 0.357 e. The Morgan fingerprint density at radius 1 is 1.06 bits per heavy atom. The molecule has 0 saturated carbocycles. The molecule has 156 valence electrons. The second-order valence-corrected chi connectivity index (χ2v) is 7.40. The number of carboxylic acids is 1. The van der Waals surface area contributed by atoms with E-state index in [1.807, 2.05) is 38.4 Å². The quantitative estimate of drug-likeness (QED) is 0.512. The van der Waals surface area contributed by atoms with Crippen LogP contribution in [-0.2, 0) is 6.54 Å². The van der Waals surface area contributed by atoms with E-state index in [1.54, 1.807) is 42.7 Å². The molecule has 4 rings (SSSR count). The topological polar surface area (TPSA) is 100 Å². The Labute approximate surface area is 178 Å². The summed E-state index contributed by atoms with van der Waals surface area (Å²) >= 11 is 0. The molecular weight excluding hydrogens is 394 g/mol. The number of rotatable bonds is 5. The lowest BCUT2D eigenvalue weighted by Gasteiger charge is -2.11. The Morgan fingerprint density at radius 3 is 2.48 bits per heavy atom. The summed E-state index contributed by atoms with van der Waals surface area (Å²) in [4.78, 5) is 30.8. The molecule has 0 atom stereocenters. The third-order valence-corrected chi connectivity index (χ3v) is 4.77. The van der Waals surface area contributed by atoms with Crippen LogP contribution in [0.15, 0.2) is 67.0 Å². The molecule has 1 amide bonds. The predicted octanol–water partition coefficient (Wildman–Crippen LogP) is 3.94. The van der Waals surface area contributed by atoms with Gasteiger partial charge in [-0.2, -0.15) is 9.78 Å². The fourth-order valence-electron chi connectivity index (χ4n) is 3.38. The highest BCUT2D eigenvalue weighted by Gasteiger charge is 2.20. The highest BCUT2D eigenvalue weighted by Crippen LogP contribution is 2.26. The number of pyridine rings is 1. The summed E-state index contributed by atoms with van der Waals surface area (Å²) in [5, 5.41) is 16.8. The van der Waals surface area contributed by atoms with Gasteiger partial charge in [0.05, 0.1) is 5.52 Å². The fraction of sp³-hybridized carbons (Fsp3) is 0.130. The molecular formula is C23H21N5O3. The van der Waals surface area contributed by atoms with Gasteiger partial charge in [0, 0.05) is 35.6 Å². The average molecular weight is 415 g/mol. The number of nitrogens with one attached hydrogen (secondary N) is 1. The molecule has 0 radical (unpaired) electrons. The van der Waals surface area contributed by atoms with Gasteiger partial charge in [-0.25, -0.2) is 9.59 Å². The van der Waals surface area contributed by atoms with E-state index in [0.717, 1.165) is 27.9 Å². The summed E-state index contributed by atoms with van der Waals surface area (Å²) in [6, 6.07) is 15.8. The van der Waals surface area contributed by atoms with Crippen LogP contribution in [0.4, 0.5) is 10.5 Å². The number of aromatic carboxylic acids is 1.